The summed E-state index contributed by atoms with van der Waals surface area (Å²) in [7, 11) is 0. The standard InChI is InChI=1S/C26H22N4O2S/c1-17(24(31)27-16-18-10-4-2-5-11-18)33-26-28-21-15-9-8-14-20(21)23-29-22(25(32)30(23)26)19-12-6-3-7-13-19/h2-15,17,22H,16H2,1H3,(H,27,31)/t17-,22-/m0/s1. The minimum Gasteiger partial charge on any atom is -0.351 e. The van der Waals surface area contributed by atoms with Crippen LogP contribution in [-0.4, -0.2) is 33.0 Å². The van der Waals surface area contributed by atoms with Crippen molar-refractivity contribution in [2.24, 2.45) is 9.98 Å². The predicted octanol–water partition coefficient (Wildman–Crippen LogP) is 4.46. The molecule has 0 aliphatic carbocycles. The fraction of sp³-hybridized carbons (Fsp3) is 0.154. The molecule has 2 atom stereocenters. The van der Waals surface area contributed by atoms with Gasteiger partial charge < -0.3 is 5.32 Å². The van der Waals surface area contributed by atoms with Gasteiger partial charge in [-0.1, -0.05) is 84.6 Å². The number of amidine groups is 2. The number of carbonyl (C=O) groups excluding carboxylic acids is 2. The SMILES string of the molecule is C[C@H](SC1=Nc2ccccc2C2=N[C@@H](c3ccccc3)C(=O)N12)C(=O)NCc1ccccc1. The molecule has 1 N–H and O–H groups in total. The zero-order chi connectivity index (χ0) is 22.8. The molecule has 0 saturated carbocycles. The van der Waals surface area contributed by atoms with Crippen LogP contribution in [0.25, 0.3) is 0 Å². The van der Waals surface area contributed by atoms with Crippen molar-refractivity contribution in [2.45, 2.75) is 24.8 Å². The molecular formula is C26H22N4O2S. The molecule has 33 heavy (non-hydrogen) atoms. The third-order valence-electron chi connectivity index (χ3n) is 5.55. The molecule has 0 bridgehead atoms. The quantitative estimate of drug-likeness (QED) is 0.619. The number of carbonyl (C=O) groups is 2. The van der Waals surface area contributed by atoms with E-state index in [4.69, 9.17) is 9.98 Å². The fourth-order valence-electron chi connectivity index (χ4n) is 3.82. The lowest BCUT2D eigenvalue weighted by Crippen LogP contribution is -2.41. The molecule has 0 spiro atoms. The lowest BCUT2D eigenvalue weighted by molar-refractivity contribution is -0.124. The normalized spacial score (nSPS) is 17.5. The Labute approximate surface area is 196 Å². The first-order chi connectivity index (χ1) is 16.1. The van der Waals surface area contributed by atoms with Gasteiger partial charge in [0.1, 0.15) is 5.84 Å². The van der Waals surface area contributed by atoms with E-state index >= 15 is 0 Å². The van der Waals surface area contributed by atoms with Crippen LogP contribution >= 0.6 is 11.8 Å². The van der Waals surface area contributed by atoms with Crippen molar-refractivity contribution < 1.29 is 9.59 Å². The largest absolute Gasteiger partial charge is 0.351 e. The molecule has 6 nitrogen and oxygen atoms in total. The molecule has 0 radical (unpaired) electrons. The lowest BCUT2D eigenvalue weighted by Gasteiger charge is -2.26. The number of benzene rings is 3. The molecule has 2 heterocycles. The van der Waals surface area contributed by atoms with Crippen LogP contribution in [0.3, 0.4) is 0 Å². The molecule has 2 aliphatic rings. The number of para-hydroxylation sites is 1. The Morgan fingerprint density at radius 2 is 1.67 bits per heavy atom. The van der Waals surface area contributed by atoms with Crippen LogP contribution in [0.15, 0.2) is 94.9 Å². The number of rotatable bonds is 5. The van der Waals surface area contributed by atoms with E-state index < -0.39 is 11.3 Å². The predicted molar refractivity (Wildman–Crippen MR) is 131 cm³/mol. The van der Waals surface area contributed by atoms with E-state index in [-0.39, 0.29) is 11.8 Å². The van der Waals surface area contributed by atoms with Crippen LogP contribution in [0.4, 0.5) is 5.69 Å². The van der Waals surface area contributed by atoms with E-state index in [1.54, 1.807) is 4.90 Å². The van der Waals surface area contributed by atoms with Gasteiger partial charge in [-0.3, -0.25) is 9.59 Å². The van der Waals surface area contributed by atoms with E-state index in [0.717, 1.165) is 22.4 Å². The van der Waals surface area contributed by atoms with Crippen LogP contribution in [0.2, 0.25) is 0 Å². The van der Waals surface area contributed by atoms with Crippen molar-refractivity contribution in [1.29, 1.82) is 0 Å². The van der Waals surface area contributed by atoms with Gasteiger partial charge in [0.15, 0.2) is 11.2 Å². The second kappa shape index (κ2) is 9.03. The third kappa shape index (κ3) is 4.19. The number of fused-ring (bicyclic) bond motifs is 3. The van der Waals surface area contributed by atoms with Gasteiger partial charge in [0, 0.05) is 12.1 Å². The van der Waals surface area contributed by atoms with E-state index in [0.29, 0.717) is 17.5 Å². The van der Waals surface area contributed by atoms with Gasteiger partial charge in [0.25, 0.3) is 5.91 Å². The highest BCUT2D eigenvalue weighted by Gasteiger charge is 2.42. The maximum absolute atomic E-state index is 13.4. The van der Waals surface area contributed by atoms with Gasteiger partial charge in [-0.2, -0.15) is 0 Å². The van der Waals surface area contributed by atoms with Gasteiger partial charge in [0.05, 0.1) is 10.9 Å². The van der Waals surface area contributed by atoms with Gasteiger partial charge in [-0.25, -0.2) is 14.9 Å². The number of amides is 2. The highest BCUT2D eigenvalue weighted by atomic mass is 32.2. The summed E-state index contributed by atoms with van der Waals surface area (Å²) in [5, 5.41) is 2.99. The fourth-order valence-corrected chi connectivity index (χ4v) is 4.76. The average Bonchev–Trinajstić information content (AvgIpc) is 3.21. The van der Waals surface area contributed by atoms with Crippen LogP contribution in [-0.2, 0) is 16.1 Å². The summed E-state index contributed by atoms with van der Waals surface area (Å²) in [4.78, 5) is 37.3. The molecule has 2 amide bonds. The number of aliphatic imine (C=N–C) groups is 2. The minimum atomic E-state index is -0.625. The van der Waals surface area contributed by atoms with Crippen LogP contribution < -0.4 is 5.32 Å². The first kappa shape index (κ1) is 21.2. The van der Waals surface area contributed by atoms with Crippen molar-refractivity contribution in [3.05, 3.63) is 102 Å². The van der Waals surface area contributed by atoms with Crippen molar-refractivity contribution in [3.8, 4) is 0 Å². The highest BCUT2D eigenvalue weighted by molar-refractivity contribution is 8.15. The van der Waals surface area contributed by atoms with E-state index in [9.17, 15) is 9.59 Å². The summed E-state index contributed by atoms with van der Waals surface area (Å²) in [6.07, 6.45) is 0. The number of nitrogens with one attached hydrogen (secondary N) is 1. The Morgan fingerprint density at radius 3 is 2.42 bits per heavy atom. The Morgan fingerprint density at radius 1 is 1.00 bits per heavy atom. The topological polar surface area (TPSA) is 74.1 Å². The average molecular weight is 455 g/mol. The number of hydrogen-bond acceptors (Lipinski definition) is 5. The maximum atomic E-state index is 13.4. The minimum absolute atomic E-state index is 0.116. The van der Waals surface area contributed by atoms with Crippen LogP contribution in [0.1, 0.15) is 29.7 Å². The Balaban J connectivity index is 1.39. The summed E-state index contributed by atoms with van der Waals surface area (Å²) >= 11 is 1.27. The zero-order valence-corrected chi connectivity index (χ0v) is 18.8. The van der Waals surface area contributed by atoms with Crippen molar-refractivity contribution in [1.82, 2.24) is 10.2 Å². The van der Waals surface area contributed by atoms with E-state index in [1.807, 2.05) is 91.9 Å². The molecule has 3 aromatic carbocycles. The maximum Gasteiger partial charge on any atom is 0.263 e. The lowest BCUT2D eigenvalue weighted by atomic mass is 10.1. The summed E-state index contributed by atoms with van der Waals surface area (Å²) in [5.41, 5.74) is 3.42. The molecule has 2 aliphatic heterocycles. The van der Waals surface area contributed by atoms with Gasteiger partial charge in [-0.05, 0) is 30.2 Å². The van der Waals surface area contributed by atoms with Crippen LogP contribution in [0.5, 0.6) is 0 Å². The number of hydrogen-bond donors (Lipinski definition) is 1. The molecule has 5 rings (SSSR count). The Bertz CT molecular complexity index is 1260. The molecule has 0 saturated heterocycles. The van der Waals surface area contributed by atoms with E-state index in [1.165, 1.54) is 11.8 Å². The molecule has 3 aromatic rings. The molecular weight excluding hydrogens is 432 g/mol. The van der Waals surface area contributed by atoms with Crippen molar-refractivity contribution in [3.63, 3.8) is 0 Å². The summed E-state index contributed by atoms with van der Waals surface area (Å²) in [5.74, 6) is 0.308. The Hall–Kier alpha value is -3.71. The first-order valence-corrected chi connectivity index (χ1v) is 11.6. The first-order valence-electron chi connectivity index (χ1n) is 10.7. The van der Waals surface area contributed by atoms with Gasteiger partial charge in [-0.15, -0.1) is 0 Å². The molecule has 0 fully saturated rings. The molecule has 0 aromatic heterocycles. The van der Waals surface area contributed by atoms with Gasteiger partial charge >= 0.3 is 0 Å². The second-order valence-electron chi connectivity index (χ2n) is 7.81. The summed E-state index contributed by atoms with van der Waals surface area (Å²) in [6, 6.07) is 26.3. The molecule has 7 heteroatoms. The molecule has 164 valence electrons. The van der Waals surface area contributed by atoms with Crippen LogP contribution in [0, 0.1) is 0 Å². The third-order valence-corrected chi connectivity index (χ3v) is 6.60. The Kier molecular flexibility index (Phi) is 5.79. The zero-order valence-electron chi connectivity index (χ0n) is 18.0. The van der Waals surface area contributed by atoms with Gasteiger partial charge in [0.2, 0.25) is 5.91 Å². The van der Waals surface area contributed by atoms with Crippen molar-refractivity contribution in [2.75, 3.05) is 0 Å². The number of thioether (sulfide) groups is 1. The highest BCUT2D eigenvalue weighted by Crippen LogP contribution is 2.38. The smallest absolute Gasteiger partial charge is 0.263 e. The van der Waals surface area contributed by atoms with Crippen molar-refractivity contribution >= 4 is 40.3 Å². The summed E-state index contributed by atoms with van der Waals surface area (Å²) < 4.78 is 0. The second-order valence-corrected chi connectivity index (χ2v) is 9.12. The van der Waals surface area contributed by atoms with E-state index in [2.05, 4.69) is 5.32 Å². The summed E-state index contributed by atoms with van der Waals surface area (Å²) in [6.45, 7) is 2.27. The molecule has 0 unspecified atom stereocenters. The monoisotopic (exact) mass is 454 g/mol. The number of nitrogens with zero attached hydrogens (tertiary/aromatic N) is 3.